The first-order chi connectivity index (χ1) is 16.1. The number of imidazole rings is 1. The second kappa shape index (κ2) is 8.95. The van der Waals surface area contributed by atoms with Crippen LogP contribution < -0.4 is 11.1 Å². The molecule has 1 aliphatic heterocycles. The second-order valence-corrected chi connectivity index (χ2v) is 8.11. The monoisotopic (exact) mass is 445 g/mol. The number of fused-ring (bicyclic) bond motifs is 1. The van der Waals surface area contributed by atoms with Gasteiger partial charge < -0.3 is 16.0 Å². The minimum atomic E-state index is -0.761. The third-order valence-electron chi connectivity index (χ3n) is 5.76. The zero-order valence-electron chi connectivity index (χ0n) is 18.0. The van der Waals surface area contributed by atoms with Crippen molar-refractivity contribution >= 4 is 22.8 Å². The molecule has 1 saturated heterocycles. The smallest absolute Gasteiger partial charge is 0.251 e. The van der Waals surface area contributed by atoms with Crippen molar-refractivity contribution in [2.45, 2.75) is 12.6 Å². The summed E-state index contributed by atoms with van der Waals surface area (Å²) in [6, 6.07) is 14.9. The molecule has 0 aliphatic carbocycles. The van der Waals surface area contributed by atoms with Crippen molar-refractivity contribution in [3.8, 4) is 22.8 Å². The van der Waals surface area contributed by atoms with Crippen molar-refractivity contribution in [2.24, 2.45) is 0 Å². The highest BCUT2D eigenvalue weighted by molar-refractivity contribution is 5.95. The van der Waals surface area contributed by atoms with Gasteiger partial charge in [-0.05, 0) is 30.7 Å². The van der Waals surface area contributed by atoms with E-state index >= 15 is 0 Å². The number of H-pyrrole nitrogens is 1. The molecule has 0 saturated carbocycles. The molecule has 0 bridgehead atoms. The molecule has 1 amide bonds. The number of aromatic amines is 1. The Morgan fingerprint density at radius 1 is 1.21 bits per heavy atom. The molecule has 9 heteroatoms. The van der Waals surface area contributed by atoms with Crippen LogP contribution >= 0.6 is 0 Å². The van der Waals surface area contributed by atoms with E-state index in [1.165, 1.54) is 0 Å². The number of alkyl halides is 1. The van der Waals surface area contributed by atoms with Crippen LogP contribution in [0.4, 0.5) is 10.2 Å². The van der Waals surface area contributed by atoms with Crippen LogP contribution in [0.25, 0.3) is 33.8 Å². The SMILES string of the molecule is Nc1ncc(-c2cccc(C(=O)NCCN3CC[C@@H](F)C3)c2)nc1-c1nc2ccccc2[nH]1. The van der Waals surface area contributed by atoms with Gasteiger partial charge in [0.15, 0.2) is 11.6 Å². The number of aromatic nitrogens is 4. The molecule has 1 aliphatic rings. The maximum Gasteiger partial charge on any atom is 0.251 e. The Kier molecular flexibility index (Phi) is 5.70. The highest BCUT2D eigenvalue weighted by Gasteiger charge is 2.21. The summed E-state index contributed by atoms with van der Waals surface area (Å²) in [7, 11) is 0. The van der Waals surface area contributed by atoms with Gasteiger partial charge in [-0.15, -0.1) is 0 Å². The Bertz CT molecular complexity index is 1270. The van der Waals surface area contributed by atoms with Crippen molar-refractivity contribution in [1.82, 2.24) is 30.2 Å². The number of likely N-dealkylation sites (tertiary alicyclic amines) is 1. The number of benzene rings is 2. The second-order valence-electron chi connectivity index (χ2n) is 8.11. The van der Waals surface area contributed by atoms with Gasteiger partial charge in [-0.3, -0.25) is 9.69 Å². The molecule has 0 radical (unpaired) electrons. The Balaban J connectivity index is 1.34. The van der Waals surface area contributed by atoms with Crippen LogP contribution in [0.3, 0.4) is 0 Å². The van der Waals surface area contributed by atoms with E-state index in [0.717, 1.165) is 23.1 Å². The fourth-order valence-electron chi connectivity index (χ4n) is 4.01. The summed E-state index contributed by atoms with van der Waals surface area (Å²) in [5.41, 5.74) is 10.1. The number of anilines is 1. The van der Waals surface area contributed by atoms with Crippen LogP contribution in [0.2, 0.25) is 0 Å². The van der Waals surface area contributed by atoms with Crippen LogP contribution in [0, 0.1) is 0 Å². The number of para-hydroxylation sites is 2. The van der Waals surface area contributed by atoms with E-state index in [1.807, 2.05) is 35.2 Å². The van der Waals surface area contributed by atoms with E-state index < -0.39 is 6.17 Å². The van der Waals surface area contributed by atoms with Gasteiger partial charge in [-0.25, -0.2) is 19.3 Å². The molecule has 3 heterocycles. The number of nitrogens with two attached hydrogens (primary N) is 1. The Hall–Kier alpha value is -3.85. The summed E-state index contributed by atoms with van der Waals surface area (Å²) in [6.07, 6.45) is 1.39. The van der Waals surface area contributed by atoms with Crippen molar-refractivity contribution in [2.75, 3.05) is 31.9 Å². The maximum absolute atomic E-state index is 13.3. The molecule has 2 aromatic carbocycles. The lowest BCUT2D eigenvalue weighted by Crippen LogP contribution is -2.34. The molecular weight excluding hydrogens is 421 g/mol. The van der Waals surface area contributed by atoms with Crippen LogP contribution in [0.1, 0.15) is 16.8 Å². The zero-order chi connectivity index (χ0) is 22.8. The number of nitrogen functional groups attached to an aromatic ring is 1. The summed E-state index contributed by atoms with van der Waals surface area (Å²) in [4.78, 5) is 31.4. The molecule has 0 unspecified atom stereocenters. The van der Waals surface area contributed by atoms with Crippen LogP contribution in [-0.4, -0.2) is 63.1 Å². The van der Waals surface area contributed by atoms with Crippen molar-refractivity contribution in [3.05, 3.63) is 60.3 Å². The van der Waals surface area contributed by atoms with Crippen molar-refractivity contribution < 1.29 is 9.18 Å². The van der Waals surface area contributed by atoms with Gasteiger partial charge in [-0.1, -0.05) is 24.3 Å². The van der Waals surface area contributed by atoms with Crippen molar-refractivity contribution in [3.63, 3.8) is 0 Å². The third kappa shape index (κ3) is 4.54. The van der Waals surface area contributed by atoms with E-state index in [2.05, 4.69) is 25.3 Å². The molecule has 4 N–H and O–H groups in total. The average Bonchev–Trinajstić information content (AvgIpc) is 3.45. The normalized spacial score (nSPS) is 16.3. The van der Waals surface area contributed by atoms with Gasteiger partial charge in [0.1, 0.15) is 11.9 Å². The first-order valence-corrected chi connectivity index (χ1v) is 10.9. The van der Waals surface area contributed by atoms with Gasteiger partial charge in [0.2, 0.25) is 0 Å². The van der Waals surface area contributed by atoms with E-state index in [-0.39, 0.29) is 11.7 Å². The quantitative estimate of drug-likeness (QED) is 0.421. The number of hydrogen-bond acceptors (Lipinski definition) is 6. The molecule has 33 heavy (non-hydrogen) atoms. The molecule has 2 aromatic heterocycles. The third-order valence-corrected chi connectivity index (χ3v) is 5.76. The highest BCUT2D eigenvalue weighted by atomic mass is 19.1. The average molecular weight is 446 g/mol. The molecule has 168 valence electrons. The summed E-state index contributed by atoms with van der Waals surface area (Å²) in [5, 5.41) is 2.91. The number of nitrogens with one attached hydrogen (secondary N) is 2. The predicted molar refractivity (Wildman–Crippen MR) is 125 cm³/mol. The number of carbonyl (C=O) groups is 1. The fourth-order valence-corrected chi connectivity index (χ4v) is 4.01. The maximum atomic E-state index is 13.3. The van der Waals surface area contributed by atoms with Gasteiger partial charge >= 0.3 is 0 Å². The lowest BCUT2D eigenvalue weighted by atomic mass is 10.1. The number of hydrogen-bond donors (Lipinski definition) is 3. The van der Waals surface area contributed by atoms with Crippen molar-refractivity contribution in [1.29, 1.82) is 0 Å². The first-order valence-electron chi connectivity index (χ1n) is 10.9. The van der Waals surface area contributed by atoms with E-state index in [1.54, 1.807) is 24.4 Å². The summed E-state index contributed by atoms with van der Waals surface area (Å²) >= 11 is 0. The molecule has 1 atom stereocenters. The minimum Gasteiger partial charge on any atom is -0.382 e. The molecule has 4 aromatic rings. The Morgan fingerprint density at radius 3 is 2.91 bits per heavy atom. The van der Waals surface area contributed by atoms with Gasteiger partial charge in [0.05, 0.1) is 22.9 Å². The number of amides is 1. The Labute approximate surface area is 190 Å². The molecule has 1 fully saturated rings. The van der Waals surface area contributed by atoms with E-state index in [0.29, 0.717) is 48.8 Å². The fraction of sp³-hybridized carbons (Fsp3) is 0.250. The highest BCUT2D eigenvalue weighted by Crippen LogP contribution is 2.26. The van der Waals surface area contributed by atoms with Crippen LogP contribution in [-0.2, 0) is 0 Å². The Morgan fingerprint density at radius 2 is 2.09 bits per heavy atom. The number of rotatable bonds is 6. The minimum absolute atomic E-state index is 0.186. The van der Waals surface area contributed by atoms with Gasteiger partial charge in [0, 0.05) is 37.3 Å². The predicted octanol–water partition coefficient (Wildman–Crippen LogP) is 3.04. The first kappa shape index (κ1) is 21.0. The zero-order valence-corrected chi connectivity index (χ0v) is 18.0. The topological polar surface area (TPSA) is 113 Å². The summed E-state index contributed by atoms with van der Waals surface area (Å²) in [6.45, 7) is 2.27. The van der Waals surface area contributed by atoms with Gasteiger partial charge in [0.25, 0.3) is 5.91 Å². The van der Waals surface area contributed by atoms with E-state index in [9.17, 15) is 9.18 Å². The number of carbonyl (C=O) groups excluding carboxylic acids is 1. The molecule has 8 nitrogen and oxygen atoms in total. The number of nitrogens with zero attached hydrogens (tertiary/aromatic N) is 4. The van der Waals surface area contributed by atoms with Crippen LogP contribution in [0.5, 0.6) is 0 Å². The largest absolute Gasteiger partial charge is 0.382 e. The summed E-state index contributed by atoms with van der Waals surface area (Å²) < 4.78 is 13.3. The molecular formula is C24H24FN7O. The molecule has 0 spiro atoms. The van der Waals surface area contributed by atoms with Crippen LogP contribution in [0.15, 0.2) is 54.7 Å². The van der Waals surface area contributed by atoms with E-state index in [4.69, 9.17) is 5.73 Å². The lowest BCUT2D eigenvalue weighted by molar-refractivity contribution is 0.0949. The molecule has 5 rings (SSSR count). The summed E-state index contributed by atoms with van der Waals surface area (Å²) in [5.74, 6) is 0.618. The number of halogens is 1. The van der Waals surface area contributed by atoms with Gasteiger partial charge in [-0.2, -0.15) is 0 Å². The standard InChI is InChI=1S/C24H24FN7O/c25-17-8-10-32(14-17)11-9-27-24(33)16-5-3-4-15(12-16)20-13-28-22(26)21(29-20)23-30-18-6-1-2-7-19(18)31-23/h1-7,12-13,17H,8-11,14H2,(H2,26,28)(H,27,33)(H,30,31)/t17-/m1/s1. The lowest BCUT2D eigenvalue weighted by Gasteiger charge is -2.15.